The predicted octanol–water partition coefficient (Wildman–Crippen LogP) is 2.96. The Morgan fingerprint density at radius 3 is 2.81 bits per heavy atom. The van der Waals surface area contributed by atoms with Gasteiger partial charge < -0.3 is 14.1 Å². The van der Waals surface area contributed by atoms with Gasteiger partial charge in [-0.2, -0.15) is 0 Å². The number of oxazole rings is 1. The summed E-state index contributed by atoms with van der Waals surface area (Å²) >= 11 is 0. The summed E-state index contributed by atoms with van der Waals surface area (Å²) in [5, 5.41) is 9.94. The van der Waals surface area contributed by atoms with E-state index in [1.54, 1.807) is 13.3 Å². The fraction of sp³-hybridized carbons (Fsp3) is 0.200. The highest BCUT2D eigenvalue weighted by Gasteiger charge is 2.15. The molecule has 1 atom stereocenters. The number of aromatic nitrogens is 3. The van der Waals surface area contributed by atoms with Crippen LogP contribution in [0.3, 0.4) is 0 Å². The highest BCUT2D eigenvalue weighted by atomic mass is 16.4. The Kier molecular flexibility index (Phi) is 4.18. The van der Waals surface area contributed by atoms with Gasteiger partial charge in [0.15, 0.2) is 5.58 Å². The van der Waals surface area contributed by atoms with E-state index in [4.69, 9.17) is 4.42 Å². The Bertz CT molecular complexity index is 1090. The maximum Gasteiger partial charge on any atom is 0.417 e. The standard InChI is InChI=1S/C20H19N3O3/c1-13(24)9-17-19(15-5-3-2-4-6-15)21-12-23(17)11-14-7-8-16-18(10-14)26-20(25)22-16/h2-8,10,12-13,24H,9,11H2,1H3,(H,22,25). The van der Waals surface area contributed by atoms with Crippen LogP contribution in [0.4, 0.5) is 0 Å². The Morgan fingerprint density at radius 1 is 1.23 bits per heavy atom. The largest absolute Gasteiger partial charge is 0.417 e. The SMILES string of the molecule is CC(O)Cc1c(-c2ccccc2)ncn1Cc1ccc2[nH]c(=O)oc2c1. The third-order valence-electron chi connectivity index (χ3n) is 4.32. The van der Waals surface area contributed by atoms with E-state index >= 15 is 0 Å². The zero-order valence-corrected chi connectivity index (χ0v) is 14.3. The molecule has 0 aliphatic carbocycles. The number of aliphatic hydroxyl groups excluding tert-OH is 1. The molecule has 2 aromatic carbocycles. The van der Waals surface area contributed by atoms with Gasteiger partial charge in [0.25, 0.3) is 0 Å². The lowest BCUT2D eigenvalue weighted by atomic mass is 10.1. The fourth-order valence-electron chi connectivity index (χ4n) is 3.16. The molecule has 2 aromatic heterocycles. The number of imidazole rings is 1. The van der Waals surface area contributed by atoms with Crippen molar-refractivity contribution in [1.29, 1.82) is 0 Å². The van der Waals surface area contributed by atoms with Crippen LogP contribution in [0, 0.1) is 0 Å². The Morgan fingerprint density at radius 2 is 2.04 bits per heavy atom. The van der Waals surface area contributed by atoms with Gasteiger partial charge in [-0.3, -0.25) is 4.98 Å². The lowest BCUT2D eigenvalue weighted by Gasteiger charge is -2.12. The van der Waals surface area contributed by atoms with Crippen molar-refractivity contribution in [2.24, 2.45) is 0 Å². The average Bonchev–Trinajstić information content (AvgIpc) is 3.18. The molecule has 0 saturated heterocycles. The quantitative estimate of drug-likeness (QED) is 0.580. The molecule has 4 aromatic rings. The van der Waals surface area contributed by atoms with E-state index in [2.05, 4.69) is 9.97 Å². The summed E-state index contributed by atoms with van der Waals surface area (Å²) in [6.45, 7) is 2.35. The number of H-pyrrole nitrogens is 1. The van der Waals surface area contributed by atoms with Crippen molar-refractivity contribution >= 4 is 11.1 Å². The zero-order valence-electron chi connectivity index (χ0n) is 14.3. The van der Waals surface area contributed by atoms with Crippen molar-refractivity contribution in [2.45, 2.75) is 26.0 Å². The second-order valence-electron chi connectivity index (χ2n) is 6.43. The topological polar surface area (TPSA) is 84.0 Å². The molecule has 0 aliphatic heterocycles. The normalized spacial score (nSPS) is 12.5. The highest BCUT2D eigenvalue weighted by molar-refractivity contribution is 5.72. The Hall–Kier alpha value is -3.12. The van der Waals surface area contributed by atoms with Crippen molar-refractivity contribution in [1.82, 2.24) is 14.5 Å². The Labute approximate surface area is 149 Å². The van der Waals surface area contributed by atoms with Gasteiger partial charge >= 0.3 is 5.76 Å². The summed E-state index contributed by atoms with van der Waals surface area (Å²) in [7, 11) is 0. The minimum atomic E-state index is -0.474. The smallest absolute Gasteiger partial charge is 0.408 e. The monoisotopic (exact) mass is 349 g/mol. The van der Waals surface area contributed by atoms with E-state index in [-0.39, 0.29) is 0 Å². The average molecular weight is 349 g/mol. The highest BCUT2D eigenvalue weighted by Crippen LogP contribution is 2.24. The van der Waals surface area contributed by atoms with Crippen LogP contribution < -0.4 is 5.76 Å². The van der Waals surface area contributed by atoms with Crippen molar-refractivity contribution in [3.8, 4) is 11.3 Å². The molecule has 0 fully saturated rings. The maximum atomic E-state index is 11.3. The molecule has 6 heteroatoms. The lowest BCUT2D eigenvalue weighted by molar-refractivity contribution is 0.193. The van der Waals surface area contributed by atoms with Crippen LogP contribution in [-0.2, 0) is 13.0 Å². The minimum absolute atomic E-state index is 0.457. The molecule has 4 rings (SSSR count). The van der Waals surface area contributed by atoms with Crippen LogP contribution in [0.5, 0.6) is 0 Å². The molecule has 2 heterocycles. The molecule has 0 spiro atoms. The van der Waals surface area contributed by atoms with Crippen LogP contribution in [0.2, 0.25) is 0 Å². The number of aromatic amines is 1. The van der Waals surface area contributed by atoms with Gasteiger partial charge in [-0.05, 0) is 24.6 Å². The molecule has 1 unspecified atom stereocenters. The molecule has 0 radical (unpaired) electrons. The number of hydrogen-bond donors (Lipinski definition) is 2. The van der Waals surface area contributed by atoms with Crippen LogP contribution in [-0.4, -0.2) is 25.7 Å². The van der Waals surface area contributed by atoms with Gasteiger partial charge in [0.1, 0.15) is 0 Å². The first kappa shape index (κ1) is 16.4. The molecule has 2 N–H and O–H groups in total. The Balaban J connectivity index is 1.72. The van der Waals surface area contributed by atoms with Gasteiger partial charge in [-0.1, -0.05) is 36.4 Å². The first-order valence-electron chi connectivity index (χ1n) is 8.49. The minimum Gasteiger partial charge on any atom is -0.408 e. The van der Waals surface area contributed by atoms with Crippen LogP contribution in [0.15, 0.2) is 64.1 Å². The summed E-state index contributed by atoms with van der Waals surface area (Å²) in [5.41, 5.74) is 5.08. The lowest BCUT2D eigenvalue weighted by Crippen LogP contribution is -2.11. The van der Waals surface area contributed by atoms with Gasteiger partial charge in [0, 0.05) is 24.2 Å². The third-order valence-corrected chi connectivity index (χ3v) is 4.32. The van der Waals surface area contributed by atoms with Crippen molar-refractivity contribution < 1.29 is 9.52 Å². The summed E-state index contributed by atoms with van der Waals surface area (Å²) < 4.78 is 7.17. The van der Waals surface area contributed by atoms with E-state index in [0.29, 0.717) is 24.1 Å². The first-order valence-corrected chi connectivity index (χ1v) is 8.49. The van der Waals surface area contributed by atoms with Crippen molar-refractivity contribution in [3.05, 3.63) is 76.7 Å². The summed E-state index contributed by atoms with van der Waals surface area (Å²) in [6, 6.07) is 15.6. The molecular weight excluding hydrogens is 330 g/mol. The van der Waals surface area contributed by atoms with E-state index in [9.17, 15) is 9.90 Å². The molecule has 0 saturated carbocycles. The summed E-state index contributed by atoms with van der Waals surface area (Å²) in [6.07, 6.45) is 1.82. The zero-order chi connectivity index (χ0) is 18.1. The molecular formula is C20H19N3O3. The molecule has 132 valence electrons. The number of benzene rings is 2. The first-order chi connectivity index (χ1) is 12.6. The predicted molar refractivity (Wildman–Crippen MR) is 99.0 cm³/mol. The number of fused-ring (bicyclic) bond motifs is 1. The molecule has 0 aliphatic rings. The van der Waals surface area contributed by atoms with Crippen LogP contribution >= 0.6 is 0 Å². The number of nitrogens with one attached hydrogen (secondary N) is 1. The summed E-state index contributed by atoms with van der Waals surface area (Å²) in [4.78, 5) is 18.5. The van der Waals surface area contributed by atoms with Crippen molar-refractivity contribution in [2.75, 3.05) is 0 Å². The number of aliphatic hydroxyl groups is 1. The molecule has 0 amide bonds. The number of hydrogen-bond acceptors (Lipinski definition) is 4. The van der Waals surface area contributed by atoms with E-state index in [1.165, 1.54) is 0 Å². The van der Waals surface area contributed by atoms with Crippen LogP contribution in [0.25, 0.3) is 22.4 Å². The molecule has 6 nitrogen and oxygen atoms in total. The molecule has 26 heavy (non-hydrogen) atoms. The number of nitrogens with zero attached hydrogens (tertiary/aromatic N) is 2. The second-order valence-corrected chi connectivity index (χ2v) is 6.43. The van der Waals surface area contributed by atoms with E-state index < -0.39 is 11.9 Å². The van der Waals surface area contributed by atoms with Gasteiger partial charge in [0.05, 0.1) is 23.6 Å². The van der Waals surface area contributed by atoms with Gasteiger partial charge in [0.2, 0.25) is 0 Å². The molecule has 0 bridgehead atoms. The van der Waals surface area contributed by atoms with Crippen LogP contribution in [0.1, 0.15) is 18.2 Å². The van der Waals surface area contributed by atoms with E-state index in [0.717, 1.165) is 22.5 Å². The van der Waals surface area contributed by atoms with Crippen molar-refractivity contribution in [3.63, 3.8) is 0 Å². The van der Waals surface area contributed by atoms with Gasteiger partial charge in [-0.15, -0.1) is 0 Å². The second kappa shape index (κ2) is 6.65. The number of rotatable bonds is 5. The van der Waals surface area contributed by atoms with Gasteiger partial charge in [-0.25, -0.2) is 9.78 Å². The fourth-order valence-corrected chi connectivity index (χ4v) is 3.16. The maximum absolute atomic E-state index is 11.3. The van der Waals surface area contributed by atoms with E-state index in [1.807, 2.05) is 53.1 Å². The third kappa shape index (κ3) is 3.19. The summed E-state index contributed by atoms with van der Waals surface area (Å²) in [5.74, 6) is -0.457.